The molecule has 3 nitrogen and oxygen atoms in total. The van der Waals surface area contributed by atoms with Crippen molar-refractivity contribution < 1.29 is 5.11 Å². The summed E-state index contributed by atoms with van der Waals surface area (Å²) in [6, 6.07) is 15.1. The van der Waals surface area contributed by atoms with Crippen LogP contribution >= 0.6 is 0 Å². The van der Waals surface area contributed by atoms with E-state index in [1.807, 2.05) is 22.9 Å². The van der Waals surface area contributed by atoms with Gasteiger partial charge in [0.25, 0.3) is 0 Å². The molecule has 1 heterocycles. The Bertz CT molecular complexity index is 824. The highest BCUT2D eigenvalue weighted by Crippen LogP contribution is 2.29. The van der Waals surface area contributed by atoms with E-state index in [1.54, 1.807) is 12.5 Å². The molecule has 3 aromatic rings. The monoisotopic (exact) mass is 318 g/mol. The van der Waals surface area contributed by atoms with E-state index in [-0.39, 0.29) is 0 Å². The lowest BCUT2D eigenvalue weighted by atomic mass is 9.89. The van der Waals surface area contributed by atoms with Crippen molar-refractivity contribution in [3.05, 3.63) is 77.9 Å². The number of nitrogens with zero attached hydrogens (tertiary/aromatic N) is 2. The molecule has 0 spiro atoms. The number of aliphatic hydroxyl groups is 1. The van der Waals surface area contributed by atoms with E-state index in [0.717, 1.165) is 5.56 Å². The van der Waals surface area contributed by atoms with Crippen LogP contribution in [-0.4, -0.2) is 14.7 Å². The summed E-state index contributed by atoms with van der Waals surface area (Å²) in [5, 5.41) is 10.5. The van der Waals surface area contributed by atoms with Gasteiger partial charge in [0.2, 0.25) is 0 Å². The third-order valence-electron chi connectivity index (χ3n) is 4.90. The fraction of sp³-hybridized carbons (Fsp3) is 0.286. The van der Waals surface area contributed by atoms with E-state index in [4.69, 9.17) is 0 Å². The maximum Gasteiger partial charge on any atom is 0.0969 e. The molecule has 0 amide bonds. The number of aliphatic hydroxyl groups excluding tert-OH is 1. The van der Waals surface area contributed by atoms with Gasteiger partial charge in [0.15, 0.2) is 0 Å². The molecule has 122 valence electrons. The van der Waals surface area contributed by atoms with Gasteiger partial charge in [0.05, 0.1) is 19.0 Å². The van der Waals surface area contributed by atoms with Crippen molar-refractivity contribution in [3.63, 3.8) is 0 Å². The maximum atomic E-state index is 10.5. The molecule has 1 N–H and O–H groups in total. The number of fused-ring (bicyclic) bond motifs is 1. The molecule has 3 heteroatoms. The van der Waals surface area contributed by atoms with Crippen LogP contribution in [-0.2, 0) is 19.4 Å². The second-order valence-corrected chi connectivity index (χ2v) is 6.59. The molecule has 1 unspecified atom stereocenters. The molecule has 2 aromatic carbocycles. The summed E-state index contributed by atoms with van der Waals surface area (Å²) in [5.74, 6) is 0. The predicted octanol–water partition coefficient (Wildman–Crippen LogP) is 4.16. The molecule has 1 aliphatic carbocycles. The maximum absolute atomic E-state index is 10.5. The van der Waals surface area contributed by atoms with Crippen LogP contribution in [0, 0.1) is 0 Å². The van der Waals surface area contributed by atoms with Gasteiger partial charge in [-0.2, -0.15) is 0 Å². The van der Waals surface area contributed by atoms with Crippen molar-refractivity contribution in [3.8, 4) is 11.1 Å². The molecule has 0 radical (unpaired) electrons. The molecular formula is C21H22N2O. The van der Waals surface area contributed by atoms with E-state index in [0.29, 0.717) is 6.54 Å². The van der Waals surface area contributed by atoms with Crippen molar-refractivity contribution >= 4 is 0 Å². The van der Waals surface area contributed by atoms with Gasteiger partial charge in [-0.05, 0) is 59.6 Å². The molecule has 1 aromatic heterocycles. The minimum atomic E-state index is -0.531. The number of rotatable bonds is 4. The van der Waals surface area contributed by atoms with Gasteiger partial charge >= 0.3 is 0 Å². The Morgan fingerprint density at radius 3 is 2.67 bits per heavy atom. The van der Waals surface area contributed by atoms with Gasteiger partial charge in [-0.1, -0.05) is 36.4 Å². The van der Waals surface area contributed by atoms with E-state index in [1.165, 1.54) is 47.9 Å². The third kappa shape index (κ3) is 3.13. The number of imidazole rings is 1. The lowest BCUT2D eigenvalue weighted by molar-refractivity contribution is 0.156. The van der Waals surface area contributed by atoms with Gasteiger partial charge in [-0.25, -0.2) is 4.98 Å². The molecule has 1 atom stereocenters. The van der Waals surface area contributed by atoms with Crippen molar-refractivity contribution in [2.45, 2.75) is 38.3 Å². The lowest BCUT2D eigenvalue weighted by Crippen LogP contribution is -2.07. The molecule has 0 bridgehead atoms. The highest BCUT2D eigenvalue weighted by Gasteiger charge is 2.12. The molecule has 1 aliphatic rings. The number of hydrogen-bond donors (Lipinski definition) is 1. The van der Waals surface area contributed by atoms with Crippen LogP contribution in [0.25, 0.3) is 11.1 Å². The molecule has 0 saturated carbocycles. The van der Waals surface area contributed by atoms with Crippen LogP contribution in [0.4, 0.5) is 0 Å². The largest absolute Gasteiger partial charge is 0.387 e. The Morgan fingerprint density at radius 1 is 1.00 bits per heavy atom. The minimum absolute atomic E-state index is 0.521. The second-order valence-electron chi connectivity index (χ2n) is 6.59. The quantitative estimate of drug-likeness (QED) is 0.784. The van der Waals surface area contributed by atoms with Gasteiger partial charge in [0, 0.05) is 12.4 Å². The first-order chi connectivity index (χ1) is 11.8. The van der Waals surface area contributed by atoms with Crippen LogP contribution < -0.4 is 0 Å². The van der Waals surface area contributed by atoms with Gasteiger partial charge < -0.3 is 9.67 Å². The molecule has 24 heavy (non-hydrogen) atoms. The Labute approximate surface area is 142 Å². The van der Waals surface area contributed by atoms with Crippen molar-refractivity contribution in [1.29, 1.82) is 0 Å². The summed E-state index contributed by atoms with van der Waals surface area (Å²) in [4.78, 5) is 4.03. The van der Waals surface area contributed by atoms with Gasteiger partial charge in [-0.15, -0.1) is 0 Å². The van der Waals surface area contributed by atoms with Crippen molar-refractivity contribution in [2.24, 2.45) is 0 Å². The number of aryl methyl sites for hydroxylation is 2. The van der Waals surface area contributed by atoms with Gasteiger partial charge in [-0.3, -0.25) is 0 Å². The van der Waals surface area contributed by atoms with Crippen LogP contribution in [0.15, 0.2) is 61.2 Å². The zero-order valence-electron chi connectivity index (χ0n) is 13.7. The molecule has 4 rings (SSSR count). The summed E-state index contributed by atoms with van der Waals surface area (Å²) in [7, 11) is 0. The number of benzene rings is 2. The Kier molecular flexibility index (Phi) is 4.18. The SMILES string of the molecule is OC(Cn1ccnc1)c1cccc(-c2ccc3c(c2)CCCC3)c1. The zero-order valence-corrected chi connectivity index (χ0v) is 13.7. The summed E-state index contributed by atoms with van der Waals surface area (Å²) in [6.45, 7) is 0.521. The molecular weight excluding hydrogens is 296 g/mol. The van der Waals surface area contributed by atoms with Crippen LogP contribution in [0.1, 0.15) is 35.6 Å². The highest BCUT2D eigenvalue weighted by molar-refractivity contribution is 5.66. The van der Waals surface area contributed by atoms with Gasteiger partial charge in [0.1, 0.15) is 0 Å². The Morgan fingerprint density at radius 2 is 1.83 bits per heavy atom. The normalized spacial score (nSPS) is 15.0. The lowest BCUT2D eigenvalue weighted by Gasteiger charge is -2.17. The average Bonchev–Trinajstić information content (AvgIpc) is 3.14. The summed E-state index contributed by atoms with van der Waals surface area (Å²) < 4.78 is 1.90. The van der Waals surface area contributed by atoms with E-state index >= 15 is 0 Å². The van der Waals surface area contributed by atoms with Crippen LogP contribution in [0.2, 0.25) is 0 Å². The predicted molar refractivity (Wildman–Crippen MR) is 95.7 cm³/mol. The molecule has 0 saturated heterocycles. The van der Waals surface area contributed by atoms with E-state index < -0.39 is 6.10 Å². The van der Waals surface area contributed by atoms with Crippen LogP contribution in [0.5, 0.6) is 0 Å². The summed E-state index contributed by atoms with van der Waals surface area (Å²) in [5.41, 5.74) is 6.35. The first-order valence-electron chi connectivity index (χ1n) is 8.65. The van der Waals surface area contributed by atoms with E-state index in [2.05, 4.69) is 35.3 Å². The van der Waals surface area contributed by atoms with E-state index in [9.17, 15) is 5.11 Å². The summed E-state index contributed by atoms with van der Waals surface area (Å²) in [6.07, 6.45) is 9.80. The molecule has 0 fully saturated rings. The fourth-order valence-electron chi connectivity index (χ4n) is 3.54. The Balaban J connectivity index is 1.60. The van der Waals surface area contributed by atoms with Crippen molar-refractivity contribution in [1.82, 2.24) is 9.55 Å². The first kappa shape index (κ1) is 15.2. The zero-order chi connectivity index (χ0) is 16.4. The fourth-order valence-corrected chi connectivity index (χ4v) is 3.54. The number of hydrogen-bond acceptors (Lipinski definition) is 2. The average molecular weight is 318 g/mol. The smallest absolute Gasteiger partial charge is 0.0969 e. The van der Waals surface area contributed by atoms with Crippen LogP contribution in [0.3, 0.4) is 0 Å². The summed E-state index contributed by atoms with van der Waals surface area (Å²) >= 11 is 0. The number of aromatic nitrogens is 2. The first-order valence-corrected chi connectivity index (χ1v) is 8.65. The topological polar surface area (TPSA) is 38.0 Å². The molecule has 0 aliphatic heterocycles. The highest BCUT2D eigenvalue weighted by atomic mass is 16.3. The second kappa shape index (κ2) is 6.62. The standard InChI is InChI=1S/C21H22N2O/c24-21(14-23-11-10-22-15-23)20-7-3-6-18(13-20)19-9-8-16-4-1-2-5-17(16)12-19/h3,6-13,15,21,24H,1-2,4-5,14H2. The third-order valence-corrected chi connectivity index (χ3v) is 4.90. The van der Waals surface area contributed by atoms with Crippen molar-refractivity contribution in [2.75, 3.05) is 0 Å². The Hall–Kier alpha value is -2.39. The minimum Gasteiger partial charge on any atom is -0.387 e.